The fourth-order valence-corrected chi connectivity index (χ4v) is 6.13. The largest absolute Gasteiger partial charge is 0.393 e. The van der Waals surface area contributed by atoms with Crippen molar-refractivity contribution in [2.24, 2.45) is 11.8 Å². The normalized spacial score (nSPS) is 27.8. The summed E-state index contributed by atoms with van der Waals surface area (Å²) in [6.45, 7) is 18.6. The van der Waals surface area contributed by atoms with E-state index < -0.39 is 0 Å². The molecule has 3 fully saturated rings. The molecule has 7 nitrogen and oxygen atoms in total. The van der Waals surface area contributed by atoms with Gasteiger partial charge < -0.3 is 15.3 Å². The minimum absolute atomic E-state index is 0.000754. The monoisotopic (exact) mass is 527 g/mol. The molecule has 3 aliphatic rings. The van der Waals surface area contributed by atoms with E-state index in [4.69, 9.17) is 9.97 Å². The van der Waals surface area contributed by atoms with Gasteiger partial charge in [0.2, 0.25) is 5.91 Å². The van der Waals surface area contributed by atoms with Crippen LogP contribution in [0.5, 0.6) is 0 Å². The van der Waals surface area contributed by atoms with Crippen LogP contribution in [0.15, 0.2) is 6.07 Å². The highest BCUT2D eigenvalue weighted by atomic mass is 16.3. The molecule has 4 rings (SSSR count). The Balaban J connectivity index is 1.20. The highest BCUT2D eigenvalue weighted by Crippen LogP contribution is 2.31. The van der Waals surface area contributed by atoms with Gasteiger partial charge in [-0.25, -0.2) is 9.97 Å². The Morgan fingerprint density at radius 1 is 0.895 bits per heavy atom. The first kappa shape index (κ1) is 29.3. The Labute approximate surface area is 231 Å². The Morgan fingerprint density at radius 2 is 1.53 bits per heavy atom. The number of aromatic nitrogens is 2. The number of aliphatic hydroxyl groups excluding tert-OH is 1. The molecule has 0 radical (unpaired) electrons. The standard InChI is InChI=1S/C31H53N5O2/c1-30(2,3)26-21-27(34-29(33-26)31(4,5)6)36-19-17-35(18-20-36)16-15-22-7-11-24(12-8-22)32-28(38)23-9-13-25(37)14-10-23/h21-25,37H,7-20H2,1-6H3,(H,32,38)/t22-,23-,24-,25-. The van der Waals surface area contributed by atoms with E-state index in [-0.39, 0.29) is 28.8 Å². The number of anilines is 1. The number of nitrogens with zero attached hydrogens (tertiary/aromatic N) is 4. The third-order valence-electron chi connectivity index (χ3n) is 8.96. The third kappa shape index (κ3) is 7.91. The van der Waals surface area contributed by atoms with E-state index in [1.807, 2.05) is 0 Å². The molecule has 7 heteroatoms. The number of rotatable bonds is 6. The van der Waals surface area contributed by atoms with Gasteiger partial charge in [-0.2, -0.15) is 0 Å². The molecule has 2 saturated carbocycles. The minimum atomic E-state index is -0.201. The fourth-order valence-electron chi connectivity index (χ4n) is 6.13. The zero-order valence-corrected chi connectivity index (χ0v) is 24.9. The van der Waals surface area contributed by atoms with E-state index in [2.05, 4.69) is 62.7 Å². The lowest BCUT2D eigenvalue weighted by Gasteiger charge is -2.37. The van der Waals surface area contributed by atoms with Gasteiger partial charge in [-0.15, -0.1) is 0 Å². The summed E-state index contributed by atoms with van der Waals surface area (Å²) >= 11 is 0. The predicted octanol–water partition coefficient (Wildman–Crippen LogP) is 4.81. The summed E-state index contributed by atoms with van der Waals surface area (Å²) in [6, 6.07) is 2.55. The minimum Gasteiger partial charge on any atom is -0.393 e. The van der Waals surface area contributed by atoms with Crippen LogP contribution in [0.3, 0.4) is 0 Å². The molecule has 1 aromatic heterocycles. The lowest BCUT2D eigenvalue weighted by atomic mass is 9.83. The smallest absolute Gasteiger partial charge is 0.223 e. The van der Waals surface area contributed by atoms with Gasteiger partial charge in [-0.05, 0) is 70.3 Å². The molecule has 0 atom stereocenters. The summed E-state index contributed by atoms with van der Waals surface area (Å²) in [5.41, 5.74) is 1.05. The number of aliphatic hydroxyl groups is 1. The van der Waals surface area contributed by atoms with Gasteiger partial charge in [0.1, 0.15) is 11.6 Å². The first-order valence-corrected chi connectivity index (χ1v) is 15.2. The second-order valence-electron chi connectivity index (χ2n) is 14.3. The number of carbonyl (C=O) groups excluding carboxylic acids is 1. The molecule has 0 unspecified atom stereocenters. The number of carbonyl (C=O) groups is 1. The molecule has 1 aromatic rings. The second-order valence-corrected chi connectivity index (χ2v) is 14.3. The molecule has 0 spiro atoms. The first-order valence-electron chi connectivity index (χ1n) is 15.2. The number of piperazine rings is 1. The predicted molar refractivity (Wildman–Crippen MR) is 155 cm³/mol. The molecule has 0 bridgehead atoms. The van der Waals surface area contributed by atoms with Crippen molar-refractivity contribution in [3.63, 3.8) is 0 Å². The Morgan fingerprint density at radius 3 is 2.11 bits per heavy atom. The third-order valence-corrected chi connectivity index (χ3v) is 8.96. The highest BCUT2D eigenvalue weighted by Gasteiger charge is 2.30. The van der Waals surface area contributed by atoms with Crippen molar-refractivity contribution in [1.82, 2.24) is 20.2 Å². The Bertz CT molecular complexity index is 881. The summed E-state index contributed by atoms with van der Waals surface area (Å²) < 4.78 is 0. The maximum absolute atomic E-state index is 12.6. The molecular formula is C31H53N5O2. The number of hydrogen-bond acceptors (Lipinski definition) is 6. The zero-order valence-electron chi connectivity index (χ0n) is 24.9. The van der Waals surface area contributed by atoms with Crippen LogP contribution in [0.25, 0.3) is 0 Å². The molecule has 1 saturated heterocycles. The molecular weight excluding hydrogens is 474 g/mol. The summed E-state index contributed by atoms with van der Waals surface area (Å²) in [6.07, 6.45) is 8.94. The van der Waals surface area contributed by atoms with Gasteiger partial charge in [0.05, 0.1) is 11.8 Å². The van der Waals surface area contributed by atoms with Crippen molar-refractivity contribution in [3.05, 3.63) is 17.6 Å². The molecule has 2 aliphatic carbocycles. The first-order chi connectivity index (χ1) is 17.9. The number of nitrogens with one attached hydrogen (secondary N) is 1. The van der Waals surface area contributed by atoms with Gasteiger partial charge in [0, 0.05) is 55.0 Å². The van der Waals surface area contributed by atoms with Gasteiger partial charge in [0.15, 0.2) is 0 Å². The van der Waals surface area contributed by atoms with Crippen molar-refractivity contribution < 1.29 is 9.90 Å². The van der Waals surface area contributed by atoms with Gasteiger partial charge >= 0.3 is 0 Å². The van der Waals surface area contributed by atoms with Crippen molar-refractivity contribution in [3.8, 4) is 0 Å². The van der Waals surface area contributed by atoms with E-state index in [9.17, 15) is 9.90 Å². The lowest BCUT2D eigenvalue weighted by molar-refractivity contribution is -0.127. The van der Waals surface area contributed by atoms with Crippen molar-refractivity contribution in [2.75, 3.05) is 37.6 Å². The van der Waals surface area contributed by atoms with Crippen LogP contribution in [-0.2, 0) is 15.6 Å². The maximum Gasteiger partial charge on any atom is 0.223 e. The average molecular weight is 528 g/mol. The van der Waals surface area contributed by atoms with E-state index >= 15 is 0 Å². The van der Waals surface area contributed by atoms with E-state index in [1.54, 1.807) is 0 Å². The molecule has 38 heavy (non-hydrogen) atoms. The molecule has 1 aliphatic heterocycles. The number of hydrogen-bond donors (Lipinski definition) is 2. The number of amides is 1. The second kappa shape index (κ2) is 12.2. The molecule has 0 aromatic carbocycles. The van der Waals surface area contributed by atoms with Crippen LogP contribution >= 0.6 is 0 Å². The maximum atomic E-state index is 12.6. The summed E-state index contributed by atoms with van der Waals surface area (Å²) in [5.74, 6) is 3.13. The highest BCUT2D eigenvalue weighted by molar-refractivity contribution is 5.79. The molecule has 1 amide bonds. The summed E-state index contributed by atoms with van der Waals surface area (Å²) in [4.78, 5) is 27.6. The summed E-state index contributed by atoms with van der Waals surface area (Å²) in [5, 5.41) is 13.0. The fraction of sp³-hybridized carbons (Fsp3) is 0.839. The van der Waals surface area contributed by atoms with Gasteiger partial charge in [-0.1, -0.05) is 41.5 Å². The van der Waals surface area contributed by atoms with Crippen molar-refractivity contribution in [1.29, 1.82) is 0 Å². The topological polar surface area (TPSA) is 81.6 Å². The van der Waals surface area contributed by atoms with Gasteiger partial charge in [0.25, 0.3) is 0 Å². The van der Waals surface area contributed by atoms with E-state index in [0.29, 0.717) is 6.04 Å². The molecule has 2 N–H and O–H groups in total. The summed E-state index contributed by atoms with van der Waals surface area (Å²) in [7, 11) is 0. The average Bonchev–Trinajstić information content (AvgIpc) is 2.87. The van der Waals surface area contributed by atoms with Crippen LogP contribution in [0, 0.1) is 11.8 Å². The van der Waals surface area contributed by atoms with E-state index in [1.165, 1.54) is 25.8 Å². The molecule has 214 valence electrons. The van der Waals surface area contributed by atoms with Crippen molar-refractivity contribution in [2.45, 2.75) is 122 Å². The van der Waals surface area contributed by atoms with Crippen LogP contribution < -0.4 is 10.2 Å². The van der Waals surface area contributed by atoms with Crippen LogP contribution in [0.4, 0.5) is 5.82 Å². The van der Waals surface area contributed by atoms with E-state index in [0.717, 1.165) is 88.0 Å². The van der Waals surface area contributed by atoms with Crippen LogP contribution in [0.2, 0.25) is 0 Å². The lowest BCUT2D eigenvalue weighted by Crippen LogP contribution is -2.47. The van der Waals surface area contributed by atoms with Gasteiger partial charge in [-0.3, -0.25) is 9.69 Å². The Hall–Kier alpha value is -1.73. The Kier molecular flexibility index (Phi) is 9.39. The van der Waals surface area contributed by atoms with Crippen molar-refractivity contribution >= 4 is 11.7 Å². The van der Waals surface area contributed by atoms with Crippen LogP contribution in [-0.4, -0.2) is 70.8 Å². The molecule has 2 heterocycles. The quantitative estimate of drug-likeness (QED) is 0.553. The zero-order chi connectivity index (χ0) is 27.5. The van der Waals surface area contributed by atoms with Crippen LogP contribution in [0.1, 0.15) is 111 Å². The SMILES string of the molecule is CC(C)(C)c1cc(N2CCN(CC[C@H]3CC[C@H](NC(=O)[C@H]4CC[C@H](O)CC4)CC3)CC2)nc(C(C)(C)C)n1.